The van der Waals surface area contributed by atoms with Gasteiger partial charge in [0.25, 0.3) is 5.91 Å². The zero-order valence-corrected chi connectivity index (χ0v) is 15.4. The van der Waals surface area contributed by atoms with E-state index in [2.05, 4.69) is 21.7 Å². The number of piperidine rings is 1. The van der Waals surface area contributed by atoms with Crippen LogP contribution in [0.3, 0.4) is 0 Å². The number of carbonyl (C=O) groups excluding carboxylic acids is 1. The number of primary amides is 1. The second-order valence-electron chi connectivity index (χ2n) is 6.78. The van der Waals surface area contributed by atoms with E-state index in [0.29, 0.717) is 5.56 Å². The topological polar surface area (TPSA) is 64.2 Å². The largest absolute Gasteiger partial charge is 0.365 e. The Hall–Kier alpha value is -2.44. The molecule has 1 aromatic carbocycles. The Labute approximate surface area is 157 Å². The van der Waals surface area contributed by atoms with Crippen LogP contribution in [0.15, 0.2) is 53.4 Å². The van der Waals surface area contributed by atoms with Crippen molar-refractivity contribution in [2.45, 2.75) is 25.3 Å². The van der Waals surface area contributed by atoms with Gasteiger partial charge in [-0.15, -0.1) is 0 Å². The standard InChI is InChI=1S/C20H22N4OS/c21-20(25)18-13-24(17-6-2-1-3-7-17)22-19(18)16-5-4-9-23(12-16)11-15-8-10-26-14-15/h1-3,6-8,10,13-14,16H,4-5,9,11-12H2,(H2,21,25). The maximum atomic E-state index is 12.0. The van der Waals surface area contributed by atoms with E-state index in [1.165, 1.54) is 5.56 Å². The van der Waals surface area contributed by atoms with E-state index in [9.17, 15) is 4.79 Å². The van der Waals surface area contributed by atoms with Crippen LogP contribution < -0.4 is 5.73 Å². The van der Waals surface area contributed by atoms with E-state index in [-0.39, 0.29) is 5.92 Å². The van der Waals surface area contributed by atoms with Crippen molar-refractivity contribution in [3.63, 3.8) is 0 Å². The fraction of sp³-hybridized carbons (Fsp3) is 0.300. The minimum atomic E-state index is -0.405. The van der Waals surface area contributed by atoms with Gasteiger partial charge in [0.2, 0.25) is 0 Å². The minimum absolute atomic E-state index is 0.231. The first-order valence-electron chi connectivity index (χ1n) is 8.89. The van der Waals surface area contributed by atoms with Crippen molar-refractivity contribution in [3.05, 3.63) is 70.2 Å². The average molecular weight is 366 g/mol. The number of rotatable bonds is 5. The number of likely N-dealkylation sites (tertiary alicyclic amines) is 1. The van der Waals surface area contributed by atoms with Gasteiger partial charge in [-0.25, -0.2) is 4.68 Å². The molecule has 134 valence electrons. The van der Waals surface area contributed by atoms with Crippen molar-refractivity contribution >= 4 is 17.2 Å². The Balaban J connectivity index is 1.59. The molecule has 1 aliphatic rings. The van der Waals surface area contributed by atoms with Gasteiger partial charge in [-0.2, -0.15) is 16.4 Å². The molecule has 1 aliphatic heterocycles. The zero-order valence-electron chi connectivity index (χ0n) is 14.5. The van der Waals surface area contributed by atoms with Gasteiger partial charge in [-0.05, 0) is 53.9 Å². The molecule has 3 aromatic rings. The van der Waals surface area contributed by atoms with Gasteiger partial charge in [0.05, 0.1) is 16.9 Å². The van der Waals surface area contributed by atoms with Crippen LogP contribution in [0.2, 0.25) is 0 Å². The van der Waals surface area contributed by atoms with E-state index in [1.807, 2.05) is 30.3 Å². The molecule has 1 unspecified atom stereocenters. The van der Waals surface area contributed by atoms with Gasteiger partial charge in [0.1, 0.15) is 0 Å². The number of benzene rings is 1. The van der Waals surface area contributed by atoms with Crippen molar-refractivity contribution in [2.24, 2.45) is 5.73 Å². The maximum absolute atomic E-state index is 12.0. The van der Waals surface area contributed by atoms with Crippen LogP contribution in [0.1, 0.15) is 40.4 Å². The molecule has 2 N–H and O–H groups in total. The molecule has 2 aromatic heterocycles. The molecule has 0 spiro atoms. The van der Waals surface area contributed by atoms with Crippen molar-refractivity contribution in [2.75, 3.05) is 13.1 Å². The lowest BCUT2D eigenvalue weighted by atomic mass is 9.92. The predicted octanol–water partition coefficient (Wildman–Crippen LogP) is 3.41. The van der Waals surface area contributed by atoms with Crippen LogP contribution in [-0.4, -0.2) is 33.7 Å². The van der Waals surface area contributed by atoms with E-state index >= 15 is 0 Å². The summed E-state index contributed by atoms with van der Waals surface area (Å²) in [5, 5.41) is 9.06. The number of para-hydroxylation sites is 1. The van der Waals surface area contributed by atoms with Crippen molar-refractivity contribution in [1.29, 1.82) is 0 Å². The maximum Gasteiger partial charge on any atom is 0.252 e. The van der Waals surface area contributed by atoms with Crippen LogP contribution in [-0.2, 0) is 6.54 Å². The number of thiophene rings is 1. The normalized spacial score (nSPS) is 18.1. The lowest BCUT2D eigenvalue weighted by Crippen LogP contribution is -2.34. The molecule has 0 radical (unpaired) electrons. The Morgan fingerprint density at radius 1 is 1.27 bits per heavy atom. The van der Waals surface area contributed by atoms with Gasteiger partial charge in [0.15, 0.2) is 0 Å². The summed E-state index contributed by atoms with van der Waals surface area (Å²) in [6.07, 6.45) is 3.91. The third-order valence-corrected chi connectivity index (χ3v) is 5.64. The van der Waals surface area contributed by atoms with E-state index in [1.54, 1.807) is 22.2 Å². The number of nitrogens with two attached hydrogens (primary N) is 1. The molecular weight excluding hydrogens is 344 g/mol. The van der Waals surface area contributed by atoms with Crippen molar-refractivity contribution in [3.8, 4) is 5.69 Å². The molecule has 0 aliphatic carbocycles. The summed E-state index contributed by atoms with van der Waals surface area (Å²) >= 11 is 1.73. The average Bonchev–Trinajstić information content (AvgIpc) is 3.32. The molecule has 3 heterocycles. The second kappa shape index (κ2) is 7.43. The summed E-state index contributed by atoms with van der Waals surface area (Å²) in [6.45, 7) is 2.94. The number of nitrogens with zero attached hydrogens (tertiary/aromatic N) is 3. The Morgan fingerprint density at radius 2 is 2.12 bits per heavy atom. The van der Waals surface area contributed by atoms with Crippen molar-refractivity contribution in [1.82, 2.24) is 14.7 Å². The van der Waals surface area contributed by atoms with Crippen LogP contribution in [0.5, 0.6) is 0 Å². The van der Waals surface area contributed by atoms with Gasteiger partial charge in [-0.3, -0.25) is 9.69 Å². The molecule has 0 bridgehead atoms. The summed E-state index contributed by atoms with van der Waals surface area (Å²) in [4.78, 5) is 14.5. The Morgan fingerprint density at radius 3 is 2.85 bits per heavy atom. The van der Waals surface area contributed by atoms with Crippen LogP contribution >= 0.6 is 11.3 Å². The minimum Gasteiger partial charge on any atom is -0.365 e. The quantitative estimate of drug-likeness (QED) is 0.752. The highest BCUT2D eigenvalue weighted by atomic mass is 32.1. The highest BCUT2D eigenvalue weighted by Gasteiger charge is 2.28. The summed E-state index contributed by atoms with van der Waals surface area (Å²) in [5.41, 5.74) is 9.31. The Kier molecular flexibility index (Phi) is 4.86. The second-order valence-corrected chi connectivity index (χ2v) is 7.56. The van der Waals surface area contributed by atoms with E-state index in [4.69, 9.17) is 10.8 Å². The SMILES string of the molecule is NC(=O)c1cn(-c2ccccc2)nc1C1CCCN(Cc2ccsc2)C1. The summed E-state index contributed by atoms with van der Waals surface area (Å²) in [7, 11) is 0. The summed E-state index contributed by atoms with van der Waals surface area (Å²) in [5.74, 6) is -0.174. The highest BCUT2D eigenvalue weighted by Crippen LogP contribution is 2.30. The zero-order chi connectivity index (χ0) is 17.9. The molecule has 1 fully saturated rings. The van der Waals surface area contributed by atoms with Crippen LogP contribution in [0, 0.1) is 0 Å². The molecular formula is C20H22N4OS. The van der Waals surface area contributed by atoms with Gasteiger partial charge in [-0.1, -0.05) is 18.2 Å². The van der Waals surface area contributed by atoms with Crippen LogP contribution in [0.4, 0.5) is 0 Å². The number of hydrogen-bond donors (Lipinski definition) is 1. The van der Waals surface area contributed by atoms with Gasteiger partial charge in [0, 0.05) is 25.2 Å². The Bertz CT molecular complexity index is 873. The lowest BCUT2D eigenvalue weighted by molar-refractivity contribution is 0.0997. The highest BCUT2D eigenvalue weighted by molar-refractivity contribution is 7.07. The monoisotopic (exact) mass is 366 g/mol. The first kappa shape index (κ1) is 17.0. The molecule has 1 atom stereocenters. The third-order valence-electron chi connectivity index (χ3n) is 4.91. The fourth-order valence-electron chi connectivity index (χ4n) is 3.65. The smallest absolute Gasteiger partial charge is 0.252 e. The molecule has 1 saturated heterocycles. The third kappa shape index (κ3) is 3.57. The first-order chi connectivity index (χ1) is 12.7. The fourth-order valence-corrected chi connectivity index (χ4v) is 4.31. The number of hydrogen-bond acceptors (Lipinski definition) is 4. The molecule has 4 rings (SSSR count). The van der Waals surface area contributed by atoms with Gasteiger partial charge >= 0.3 is 0 Å². The number of amides is 1. The van der Waals surface area contributed by atoms with Gasteiger partial charge < -0.3 is 5.73 Å². The summed E-state index contributed by atoms with van der Waals surface area (Å²) < 4.78 is 1.77. The predicted molar refractivity (Wildman–Crippen MR) is 104 cm³/mol. The number of aromatic nitrogens is 2. The van der Waals surface area contributed by atoms with Crippen LogP contribution in [0.25, 0.3) is 5.69 Å². The lowest BCUT2D eigenvalue weighted by Gasteiger charge is -2.32. The number of carbonyl (C=O) groups is 1. The molecule has 5 nitrogen and oxygen atoms in total. The molecule has 26 heavy (non-hydrogen) atoms. The summed E-state index contributed by atoms with van der Waals surface area (Å²) in [6, 6.07) is 12.0. The van der Waals surface area contributed by atoms with E-state index in [0.717, 1.165) is 43.9 Å². The van der Waals surface area contributed by atoms with E-state index < -0.39 is 5.91 Å². The molecule has 6 heteroatoms. The molecule has 0 saturated carbocycles. The first-order valence-corrected chi connectivity index (χ1v) is 9.83. The van der Waals surface area contributed by atoms with Crippen molar-refractivity contribution < 1.29 is 4.79 Å². The molecule has 1 amide bonds.